The molecule has 1 aromatic heterocycles. The quantitative estimate of drug-likeness (QED) is 0.547. The second-order valence-electron chi connectivity index (χ2n) is 8.27. The first-order valence-electron chi connectivity index (χ1n) is 11.1. The number of nitrogens with zero attached hydrogens (tertiary/aromatic N) is 1. The Bertz CT molecular complexity index is 1190. The summed E-state index contributed by atoms with van der Waals surface area (Å²) < 4.78 is 24.0. The van der Waals surface area contributed by atoms with Gasteiger partial charge in [-0.3, -0.25) is 4.79 Å². The van der Waals surface area contributed by atoms with Crippen LogP contribution in [0.3, 0.4) is 0 Å². The molecule has 174 valence electrons. The molecule has 0 radical (unpaired) electrons. The van der Waals surface area contributed by atoms with Gasteiger partial charge in [-0.05, 0) is 49.2 Å². The molecule has 8 heteroatoms. The fourth-order valence-electron chi connectivity index (χ4n) is 4.37. The summed E-state index contributed by atoms with van der Waals surface area (Å²) in [7, 11) is 3.10. The van der Waals surface area contributed by atoms with Crippen molar-refractivity contribution in [3.8, 4) is 11.5 Å². The number of amides is 2. The second kappa shape index (κ2) is 9.94. The summed E-state index contributed by atoms with van der Waals surface area (Å²) in [4.78, 5) is 30.7. The lowest BCUT2D eigenvalue weighted by Crippen LogP contribution is -2.44. The molecule has 33 heavy (non-hydrogen) atoms. The van der Waals surface area contributed by atoms with E-state index in [-0.39, 0.29) is 30.0 Å². The van der Waals surface area contributed by atoms with Crippen LogP contribution in [0.2, 0.25) is 0 Å². The van der Waals surface area contributed by atoms with Gasteiger partial charge in [-0.1, -0.05) is 19.3 Å². The van der Waals surface area contributed by atoms with Crippen LogP contribution in [0.4, 0.5) is 14.9 Å². The van der Waals surface area contributed by atoms with Crippen molar-refractivity contribution in [3.05, 3.63) is 64.2 Å². The topological polar surface area (TPSA) is 83.7 Å². The number of ether oxygens (including phenoxy) is 2. The maximum atomic E-state index is 13.3. The van der Waals surface area contributed by atoms with Crippen LogP contribution in [0.5, 0.6) is 11.5 Å². The molecule has 2 amide bonds. The van der Waals surface area contributed by atoms with Crippen molar-refractivity contribution >= 4 is 22.6 Å². The number of fused-ring (bicyclic) bond motifs is 1. The third kappa shape index (κ3) is 5.10. The predicted octanol–water partition coefficient (Wildman–Crippen LogP) is 5.05. The Balaban J connectivity index is 1.65. The molecule has 4 rings (SSSR count). The Morgan fingerprint density at radius 2 is 1.73 bits per heavy atom. The molecule has 2 aromatic carbocycles. The first-order chi connectivity index (χ1) is 16.0. The van der Waals surface area contributed by atoms with Crippen LogP contribution in [-0.4, -0.2) is 36.2 Å². The Morgan fingerprint density at radius 3 is 2.39 bits per heavy atom. The molecule has 3 aromatic rings. The highest BCUT2D eigenvalue weighted by molar-refractivity contribution is 5.89. The van der Waals surface area contributed by atoms with Gasteiger partial charge in [0.15, 0.2) is 11.5 Å². The van der Waals surface area contributed by atoms with Crippen molar-refractivity contribution in [1.82, 2.24) is 9.88 Å². The molecule has 2 N–H and O–H groups in total. The van der Waals surface area contributed by atoms with Gasteiger partial charge in [0.1, 0.15) is 5.82 Å². The van der Waals surface area contributed by atoms with Gasteiger partial charge in [0.05, 0.1) is 26.3 Å². The fourth-order valence-corrected chi connectivity index (χ4v) is 4.37. The monoisotopic (exact) mass is 453 g/mol. The number of nitrogens with one attached hydrogen (secondary N) is 2. The highest BCUT2D eigenvalue weighted by Crippen LogP contribution is 2.31. The van der Waals surface area contributed by atoms with E-state index in [1.807, 2.05) is 0 Å². The van der Waals surface area contributed by atoms with Crippen LogP contribution in [0.25, 0.3) is 10.9 Å². The number of halogens is 1. The number of urea groups is 1. The molecular weight excluding hydrogens is 425 g/mol. The number of carbonyl (C=O) groups excluding carboxylic acids is 1. The number of carbonyl (C=O) groups is 1. The van der Waals surface area contributed by atoms with E-state index in [0.29, 0.717) is 28.3 Å². The summed E-state index contributed by atoms with van der Waals surface area (Å²) in [6, 6.07) is 10.7. The minimum atomic E-state index is -0.369. The molecule has 1 saturated carbocycles. The third-order valence-corrected chi connectivity index (χ3v) is 6.14. The maximum Gasteiger partial charge on any atom is 0.322 e. The van der Waals surface area contributed by atoms with Gasteiger partial charge in [-0.15, -0.1) is 0 Å². The number of hydrogen-bond acceptors (Lipinski definition) is 4. The van der Waals surface area contributed by atoms with Crippen molar-refractivity contribution in [2.75, 3.05) is 19.5 Å². The lowest BCUT2D eigenvalue weighted by Gasteiger charge is -2.34. The van der Waals surface area contributed by atoms with Gasteiger partial charge in [0, 0.05) is 28.7 Å². The molecule has 0 aliphatic heterocycles. The number of pyridine rings is 1. The predicted molar refractivity (Wildman–Crippen MR) is 126 cm³/mol. The van der Waals surface area contributed by atoms with E-state index in [9.17, 15) is 14.0 Å². The Kier molecular flexibility index (Phi) is 6.82. The summed E-state index contributed by atoms with van der Waals surface area (Å²) in [5.41, 5.74) is 1.35. The number of aromatic nitrogens is 1. The molecule has 0 bridgehead atoms. The van der Waals surface area contributed by atoms with Crippen molar-refractivity contribution in [2.24, 2.45) is 0 Å². The fraction of sp³-hybridized carbons (Fsp3) is 0.360. The average Bonchev–Trinajstić information content (AvgIpc) is 2.83. The molecular formula is C25H28FN3O4. The highest BCUT2D eigenvalue weighted by Gasteiger charge is 2.27. The zero-order chi connectivity index (χ0) is 23.4. The molecule has 1 heterocycles. The van der Waals surface area contributed by atoms with Gasteiger partial charge in [0.2, 0.25) is 0 Å². The van der Waals surface area contributed by atoms with E-state index in [4.69, 9.17) is 9.47 Å². The summed E-state index contributed by atoms with van der Waals surface area (Å²) in [6.45, 7) is 0.164. The van der Waals surface area contributed by atoms with E-state index in [1.54, 1.807) is 30.2 Å². The SMILES string of the molecule is COc1cc2cc(CN(C(=O)Nc3ccc(F)cc3)C3CCCCC3)c(=O)[nH]c2cc1OC. The van der Waals surface area contributed by atoms with E-state index >= 15 is 0 Å². The minimum absolute atomic E-state index is 0.0275. The number of benzene rings is 2. The zero-order valence-electron chi connectivity index (χ0n) is 18.8. The highest BCUT2D eigenvalue weighted by atomic mass is 19.1. The summed E-state index contributed by atoms with van der Waals surface area (Å²) in [5, 5.41) is 3.63. The van der Waals surface area contributed by atoms with Gasteiger partial charge in [-0.2, -0.15) is 0 Å². The number of anilines is 1. The van der Waals surface area contributed by atoms with Crippen molar-refractivity contribution in [3.63, 3.8) is 0 Å². The lowest BCUT2D eigenvalue weighted by atomic mass is 9.94. The largest absolute Gasteiger partial charge is 0.493 e. The number of H-pyrrole nitrogens is 1. The van der Waals surface area contributed by atoms with Crippen LogP contribution < -0.4 is 20.3 Å². The van der Waals surface area contributed by atoms with Crippen molar-refractivity contribution < 1.29 is 18.7 Å². The molecule has 0 saturated heterocycles. The van der Waals surface area contributed by atoms with Crippen molar-refractivity contribution in [1.29, 1.82) is 0 Å². The van der Waals surface area contributed by atoms with Crippen LogP contribution >= 0.6 is 0 Å². The first kappa shape index (κ1) is 22.6. The lowest BCUT2D eigenvalue weighted by molar-refractivity contribution is 0.162. The first-order valence-corrected chi connectivity index (χ1v) is 11.1. The molecule has 1 fully saturated rings. The number of hydrogen-bond donors (Lipinski definition) is 2. The molecule has 1 aliphatic carbocycles. The molecule has 1 aliphatic rings. The normalized spacial score (nSPS) is 14.2. The molecule has 0 atom stereocenters. The maximum absolute atomic E-state index is 13.3. The number of aromatic amines is 1. The Morgan fingerprint density at radius 1 is 1.06 bits per heavy atom. The Labute approximate surface area is 191 Å². The summed E-state index contributed by atoms with van der Waals surface area (Å²) in [5.74, 6) is 0.712. The van der Waals surface area contributed by atoms with Crippen LogP contribution in [0, 0.1) is 5.82 Å². The van der Waals surface area contributed by atoms with Crippen LogP contribution in [0.15, 0.2) is 47.3 Å². The molecule has 7 nitrogen and oxygen atoms in total. The van der Waals surface area contributed by atoms with Crippen LogP contribution in [-0.2, 0) is 6.54 Å². The third-order valence-electron chi connectivity index (χ3n) is 6.14. The van der Waals surface area contributed by atoms with Gasteiger partial charge < -0.3 is 24.7 Å². The smallest absolute Gasteiger partial charge is 0.322 e. The molecule has 0 unspecified atom stereocenters. The van der Waals surface area contributed by atoms with E-state index < -0.39 is 0 Å². The van der Waals surface area contributed by atoms with Crippen LogP contribution in [0.1, 0.15) is 37.7 Å². The average molecular weight is 454 g/mol. The summed E-state index contributed by atoms with van der Waals surface area (Å²) >= 11 is 0. The van der Waals surface area contributed by atoms with E-state index in [0.717, 1.165) is 37.5 Å². The van der Waals surface area contributed by atoms with E-state index in [1.165, 1.54) is 31.4 Å². The zero-order valence-corrected chi connectivity index (χ0v) is 18.8. The molecule has 0 spiro atoms. The number of methoxy groups -OCH3 is 2. The van der Waals surface area contributed by atoms with E-state index in [2.05, 4.69) is 10.3 Å². The standard InChI is InChI=1S/C25H28FN3O4/c1-32-22-13-16-12-17(24(30)28-21(16)14-23(22)33-2)15-29(20-6-4-3-5-7-20)25(31)27-19-10-8-18(26)9-11-19/h8-14,20H,3-7,15H2,1-2H3,(H,27,31)(H,28,30). The minimum Gasteiger partial charge on any atom is -0.493 e. The number of rotatable bonds is 6. The van der Waals surface area contributed by atoms with Crippen molar-refractivity contribution in [2.45, 2.75) is 44.7 Å². The summed E-state index contributed by atoms with van der Waals surface area (Å²) in [6.07, 6.45) is 4.98. The van der Waals surface area contributed by atoms with Gasteiger partial charge in [0.25, 0.3) is 5.56 Å². The van der Waals surface area contributed by atoms with Gasteiger partial charge >= 0.3 is 6.03 Å². The van der Waals surface area contributed by atoms with Gasteiger partial charge in [-0.25, -0.2) is 9.18 Å². The Hall–Kier alpha value is -3.55. The second-order valence-corrected chi connectivity index (χ2v) is 8.27.